The third kappa shape index (κ3) is 4.17. The monoisotopic (exact) mass is 359 g/mol. The molecule has 1 aliphatic rings. The van der Waals surface area contributed by atoms with Gasteiger partial charge in [0.15, 0.2) is 0 Å². The Morgan fingerprint density at radius 1 is 1.08 bits per heavy atom. The summed E-state index contributed by atoms with van der Waals surface area (Å²) in [6.45, 7) is 1.82. The van der Waals surface area contributed by atoms with E-state index in [1.165, 1.54) is 0 Å². The van der Waals surface area contributed by atoms with E-state index in [0.29, 0.717) is 24.2 Å². The second-order valence-electron chi connectivity index (χ2n) is 6.58. The molecule has 1 fully saturated rings. The first-order valence-electron chi connectivity index (χ1n) is 8.16. The number of aromatic nitrogens is 1. The summed E-state index contributed by atoms with van der Waals surface area (Å²) in [5, 5.41) is 6.17. The van der Waals surface area contributed by atoms with Gasteiger partial charge < -0.3 is 10.6 Å². The highest BCUT2D eigenvalue weighted by Gasteiger charge is 2.39. The first-order chi connectivity index (χ1) is 11.9. The van der Waals surface area contributed by atoms with Gasteiger partial charge in [-0.2, -0.15) is 0 Å². The number of para-hydroxylation sites is 1. The van der Waals surface area contributed by atoms with Gasteiger partial charge in [0.2, 0.25) is 5.91 Å². The number of rotatable bonds is 4. The van der Waals surface area contributed by atoms with Gasteiger partial charge in [-0.1, -0.05) is 25.1 Å². The summed E-state index contributed by atoms with van der Waals surface area (Å²) >= 11 is 0. The van der Waals surface area contributed by atoms with Gasteiger partial charge >= 0.3 is 0 Å². The zero-order chi connectivity index (χ0) is 17.9. The minimum Gasteiger partial charge on any atom is -0.353 e. The fraction of sp³-hybridized carbons (Fsp3) is 0.333. The van der Waals surface area contributed by atoms with Crippen LogP contribution < -0.4 is 10.6 Å². The number of hydrogen-bond acceptors (Lipinski definition) is 5. The van der Waals surface area contributed by atoms with Crippen LogP contribution >= 0.6 is 0 Å². The summed E-state index contributed by atoms with van der Waals surface area (Å²) in [6.07, 6.45) is 3.94. The standard InChI is InChI=1S/C18H21N3O3S/c1-18(8-11-25(23,24)12-9-18)17(22)21-15-7-10-19-13-16(15)20-14-5-3-2-4-6-14/h2-7,10,13,20H,8-9,11-12H2,1H3,(H,19,21,22). The maximum atomic E-state index is 12.8. The van der Waals surface area contributed by atoms with Crippen LogP contribution in [0.4, 0.5) is 17.1 Å². The molecule has 2 aromatic rings. The fourth-order valence-corrected chi connectivity index (χ4v) is 4.50. The number of benzene rings is 1. The number of nitrogens with one attached hydrogen (secondary N) is 2. The Kier molecular flexibility index (Phi) is 4.76. The summed E-state index contributed by atoms with van der Waals surface area (Å²) < 4.78 is 23.3. The topological polar surface area (TPSA) is 88.2 Å². The Morgan fingerprint density at radius 3 is 2.44 bits per heavy atom. The maximum absolute atomic E-state index is 12.8. The second kappa shape index (κ2) is 6.84. The third-order valence-corrected chi connectivity index (χ3v) is 6.25. The number of anilines is 3. The molecule has 0 aliphatic carbocycles. The van der Waals surface area contributed by atoms with E-state index in [2.05, 4.69) is 15.6 Å². The molecule has 2 heterocycles. The second-order valence-corrected chi connectivity index (χ2v) is 8.88. The molecular formula is C18H21N3O3S. The lowest BCUT2D eigenvalue weighted by molar-refractivity contribution is -0.125. The van der Waals surface area contributed by atoms with Crippen LogP contribution in [0.25, 0.3) is 0 Å². The van der Waals surface area contributed by atoms with Crippen molar-refractivity contribution in [2.45, 2.75) is 19.8 Å². The third-order valence-electron chi connectivity index (χ3n) is 4.60. The Hall–Kier alpha value is -2.41. The maximum Gasteiger partial charge on any atom is 0.230 e. The first kappa shape index (κ1) is 17.4. The van der Waals surface area contributed by atoms with Crippen molar-refractivity contribution in [2.75, 3.05) is 22.1 Å². The van der Waals surface area contributed by atoms with Crippen molar-refractivity contribution in [2.24, 2.45) is 5.41 Å². The molecule has 1 saturated heterocycles. The van der Waals surface area contributed by atoms with Crippen LogP contribution in [0, 0.1) is 5.41 Å². The van der Waals surface area contributed by atoms with Crippen molar-refractivity contribution in [1.29, 1.82) is 0 Å². The van der Waals surface area contributed by atoms with E-state index in [1.54, 1.807) is 18.5 Å². The number of carbonyl (C=O) groups excluding carboxylic acids is 1. The van der Waals surface area contributed by atoms with Gasteiger partial charge in [0.1, 0.15) is 9.84 Å². The number of hydrogen-bond donors (Lipinski definition) is 2. The normalized spacial score (nSPS) is 18.3. The van der Waals surface area contributed by atoms with Gasteiger partial charge in [0, 0.05) is 17.3 Å². The van der Waals surface area contributed by atoms with Gasteiger partial charge in [0.25, 0.3) is 0 Å². The molecule has 0 unspecified atom stereocenters. The van der Waals surface area contributed by atoms with E-state index in [4.69, 9.17) is 0 Å². The van der Waals surface area contributed by atoms with Crippen molar-refractivity contribution in [1.82, 2.24) is 4.98 Å². The number of nitrogens with zero attached hydrogens (tertiary/aromatic N) is 1. The van der Waals surface area contributed by atoms with Crippen molar-refractivity contribution < 1.29 is 13.2 Å². The average molecular weight is 359 g/mol. The number of carbonyl (C=O) groups is 1. The molecule has 0 spiro atoms. The summed E-state index contributed by atoms with van der Waals surface area (Å²) in [7, 11) is -3.01. The molecule has 132 valence electrons. The van der Waals surface area contributed by atoms with Gasteiger partial charge in [-0.15, -0.1) is 0 Å². The summed E-state index contributed by atoms with van der Waals surface area (Å²) in [4.78, 5) is 16.9. The highest BCUT2D eigenvalue weighted by Crippen LogP contribution is 2.34. The van der Waals surface area contributed by atoms with Gasteiger partial charge in [-0.05, 0) is 31.0 Å². The van der Waals surface area contributed by atoms with Crippen LogP contribution in [-0.4, -0.2) is 30.8 Å². The van der Waals surface area contributed by atoms with Crippen LogP contribution in [-0.2, 0) is 14.6 Å². The summed E-state index contributed by atoms with van der Waals surface area (Å²) in [6, 6.07) is 11.3. The Bertz CT molecular complexity index is 852. The minimum atomic E-state index is -3.01. The first-order valence-corrected chi connectivity index (χ1v) is 9.98. The molecule has 1 amide bonds. The molecule has 1 aromatic heterocycles. The fourth-order valence-electron chi connectivity index (χ4n) is 2.77. The lowest BCUT2D eigenvalue weighted by Gasteiger charge is -2.32. The summed E-state index contributed by atoms with van der Waals surface area (Å²) in [5.74, 6) is -0.0465. The van der Waals surface area contributed by atoms with Gasteiger partial charge in [-0.25, -0.2) is 8.42 Å². The molecule has 3 rings (SSSR count). The smallest absolute Gasteiger partial charge is 0.230 e. The average Bonchev–Trinajstić information content (AvgIpc) is 2.60. The lowest BCUT2D eigenvalue weighted by atomic mass is 9.83. The number of pyridine rings is 1. The predicted molar refractivity (Wildman–Crippen MR) is 98.6 cm³/mol. The lowest BCUT2D eigenvalue weighted by Crippen LogP contribution is -2.40. The molecule has 0 saturated carbocycles. The highest BCUT2D eigenvalue weighted by molar-refractivity contribution is 7.91. The number of sulfone groups is 1. The van der Waals surface area contributed by atoms with Crippen molar-refractivity contribution >= 4 is 32.8 Å². The van der Waals surface area contributed by atoms with Crippen LogP contribution in [0.3, 0.4) is 0 Å². The van der Waals surface area contributed by atoms with E-state index < -0.39 is 15.3 Å². The van der Waals surface area contributed by atoms with E-state index in [9.17, 15) is 13.2 Å². The Morgan fingerprint density at radius 2 is 1.76 bits per heavy atom. The zero-order valence-corrected chi connectivity index (χ0v) is 14.8. The van der Waals surface area contributed by atoms with E-state index in [0.717, 1.165) is 5.69 Å². The molecule has 6 nitrogen and oxygen atoms in total. The van der Waals surface area contributed by atoms with Crippen molar-refractivity contribution in [3.8, 4) is 0 Å². The Labute approximate surface area is 147 Å². The summed E-state index contributed by atoms with van der Waals surface area (Å²) in [5.41, 5.74) is 1.52. The molecule has 1 aromatic carbocycles. The van der Waals surface area contributed by atoms with E-state index in [-0.39, 0.29) is 17.4 Å². The zero-order valence-electron chi connectivity index (χ0n) is 14.0. The molecule has 0 bridgehead atoms. The van der Waals surface area contributed by atoms with Gasteiger partial charge in [-0.3, -0.25) is 9.78 Å². The molecule has 0 radical (unpaired) electrons. The predicted octanol–water partition coefficient (Wildman–Crippen LogP) is 2.98. The van der Waals surface area contributed by atoms with E-state index in [1.807, 2.05) is 37.3 Å². The van der Waals surface area contributed by atoms with Crippen LogP contribution in [0.1, 0.15) is 19.8 Å². The molecule has 7 heteroatoms. The largest absolute Gasteiger partial charge is 0.353 e. The molecule has 1 aliphatic heterocycles. The van der Waals surface area contributed by atoms with Crippen LogP contribution in [0.2, 0.25) is 0 Å². The van der Waals surface area contributed by atoms with E-state index >= 15 is 0 Å². The molecule has 2 N–H and O–H groups in total. The van der Waals surface area contributed by atoms with Crippen molar-refractivity contribution in [3.05, 3.63) is 48.8 Å². The van der Waals surface area contributed by atoms with Gasteiger partial charge in [0.05, 0.1) is 29.1 Å². The Balaban J connectivity index is 1.76. The highest BCUT2D eigenvalue weighted by atomic mass is 32.2. The van der Waals surface area contributed by atoms with Crippen molar-refractivity contribution in [3.63, 3.8) is 0 Å². The SMILES string of the molecule is CC1(C(=O)Nc2ccncc2Nc2ccccc2)CCS(=O)(=O)CC1. The van der Waals surface area contributed by atoms with Crippen LogP contribution in [0.5, 0.6) is 0 Å². The molecule has 0 atom stereocenters. The molecular weight excluding hydrogens is 338 g/mol. The number of amides is 1. The minimum absolute atomic E-state index is 0.0579. The van der Waals surface area contributed by atoms with Crippen LogP contribution in [0.15, 0.2) is 48.8 Å². The molecule has 25 heavy (non-hydrogen) atoms. The quantitative estimate of drug-likeness (QED) is 0.876.